The van der Waals surface area contributed by atoms with Gasteiger partial charge in [0.15, 0.2) is 16.1 Å². The molecule has 0 fully saturated rings. The normalized spacial score (nSPS) is 13.3. The summed E-state index contributed by atoms with van der Waals surface area (Å²) >= 11 is 7.43. The van der Waals surface area contributed by atoms with E-state index in [1.54, 1.807) is 0 Å². The molecule has 14 aromatic carbocycles. The highest BCUT2D eigenvalue weighted by molar-refractivity contribution is 9.10. The van der Waals surface area contributed by atoms with Crippen LogP contribution in [0.15, 0.2) is 349 Å². The standard InChI is InChI=1S/C48H32N2Si.C24H16Br2Si.C13H10/c1-7-25-43-37(19-1)38-20-2-8-26-44(38)49(43)33-15-13-17-35(31-33)51(47-29-11-5-23-41(47)42-24-6-12-30-48(42)51)36-18-14-16-34(32-36)50-45-27-9-3-21-39(45)40-22-4-10-28-46(40)50;25-17-7-5-9-19(15-17)27(20-10-6-8-18(26)16-20)23-13-3-1-11-21(23)22-12-2-4-14-24(22)27;1-3-7-12-10(5-1)9-11-6-2-4-8-13(11)12/h1-32H;1-16H;1-8H,9H2. The average molecular weight is 1320 g/mol. The van der Waals surface area contributed by atoms with E-state index < -0.39 is 16.1 Å². The van der Waals surface area contributed by atoms with E-state index in [0.29, 0.717) is 0 Å². The van der Waals surface area contributed by atoms with E-state index in [2.05, 4.69) is 381 Å². The predicted octanol–water partition coefficient (Wildman–Crippen LogP) is 17.1. The fourth-order valence-corrected chi connectivity index (χ4v) is 27.4. The second kappa shape index (κ2) is 22.5. The quantitative estimate of drug-likeness (QED) is 0.147. The third-order valence-electron chi connectivity index (χ3n) is 19.4. The summed E-state index contributed by atoms with van der Waals surface area (Å²) in [6.45, 7) is 0. The van der Waals surface area contributed by atoms with Crippen LogP contribution in [0.2, 0.25) is 0 Å². The molecule has 1 aliphatic carbocycles. The lowest BCUT2D eigenvalue weighted by molar-refractivity contribution is 1.18. The van der Waals surface area contributed by atoms with Gasteiger partial charge in [-0.3, -0.25) is 0 Å². The third-order valence-corrected chi connectivity index (χ3v) is 30.0. The van der Waals surface area contributed by atoms with Crippen molar-refractivity contribution in [3.63, 3.8) is 0 Å². The number of benzene rings is 14. The van der Waals surface area contributed by atoms with Gasteiger partial charge in [-0.2, -0.15) is 0 Å². The van der Waals surface area contributed by atoms with Gasteiger partial charge in [-0.15, -0.1) is 0 Å². The number of fused-ring (bicyclic) bond motifs is 15. The van der Waals surface area contributed by atoms with Crippen LogP contribution in [0.25, 0.3) is 88.4 Å². The molecule has 16 aromatic rings. The van der Waals surface area contributed by atoms with E-state index in [-0.39, 0.29) is 0 Å². The summed E-state index contributed by atoms with van der Waals surface area (Å²) in [4.78, 5) is 0. The van der Waals surface area contributed by atoms with E-state index in [0.717, 1.165) is 15.4 Å². The molecule has 0 N–H and O–H groups in total. The number of rotatable bonds is 6. The van der Waals surface area contributed by atoms with Crippen molar-refractivity contribution in [2.24, 2.45) is 0 Å². The van der Waals surface area contributed by atoms with Crippen LogP contribution in [0.1, 0.15) is 11.1 Å². The molecular weight excluding hydrogens is 1260 g/mol. The number of aromatic nitrogens is 2. The Hall–Kier alpha value is -9.93. The van der Waals surface area contributed by atoms with Gasteiger partial charge < -0.3 is 9.13 Å². The summed E-state index contributed by atoms with van der Waals surface area (Å²) in [5.41, 5.74) is 18.5. The Morgan fingerprint density at radius 2 is 0.495 bits per heavy atom. The first kappa shape index (κ1) is 55.2. The Morgan fingerprint density at radius 3 is 0.824 bits per heavy atom. The molecule has 0 spiro atoms. The molecular formula is C85H58Br2N2Si2. The molecule has 6 heteroatoms. The third kappa shape index (κ3) is 8.76. The molecule has 2 aliphatic heterocycles. The van der Waals surface area contributed by atoms with Crippen LogP contribution in [-0.4, -0.2) is 25.3 Å². The van der Waals surface area contributed by atoms with Gasteiger partial charge in [-0.05, 0) is 165 Å². The molecule has 19 rings (SSSR count). The summed E-state index contributed by atoms with van der Waals surface area (Å²) in [5, 5.41) is 16.6. The minimum atomic E-state index is -2.81. The van der Waals surface area contributed by atoms with Crippen LogP contribution in [0.3, 0.4) is 0 Å². The van der Waals surface area contributed by atoms with Gasteiger partial charge in [0.05, 0.1) is 22.1 Å². The van der Waals surface area contributed by atoms with Crippen LogP contribution in [0, 0.1) is 0 Å². The molecule has 0 atom stereocenters. The maximum atomic E-state index is 3.71. The first-order valence-corrected chi connectivity index (χ1v) is 36.8. The zero-order chi connectivity index (χ0) is 60.6. The van der Waals surface area contributed by atoms with E-state index >= 15 is 0 Å². The highest BCUT2D eigenvalue weighted by atomic mass is 79.9. The summed E-state index contributed by atoms with van der Waals surface area (Å²) < 4.78 is 7.17. The summed E-state index contributed by atoms with van der Waals surface area (Å²) in [5.74, 6) is 0. The first-order valence-electron chi connectivity index (χ1n) is 31.2. The highest BCUT2D eigenvalue weighted by Gasteiger charge is 2.50. The van der Waals surface area contributed by atoms with E-state index in [9.17, 15) is 0 Å². The lowest BCUT2D eigenvalue weighted by Gasteiger charge is -2.32. The van der Waals surface area contributed by atoms with Gasteiger partial charge in [0.2, 0.25) is 0 Å². The predicted molar refractivity (Wildman–Crippen MR) is 397 cm³/mol. The molecule has 0 saturated heterocycles. The lowest BCUT2D eigenvalue weighted by atomic mass is 10.1. The van der Waals surface area contributed by atoms with Crippen LogP contribution < -0.4 is 41.5 Å². The molecule has 91 heavy (non-hydrogen) atoms. The number of nitrogens with zero attached hydrogens (tertiary/aromatic N) is 2. The summed E-state index contributed by atoms with van der Waals surface area (Å²) in [6.07, 6.45) is 1.10. The molecule has 0 saturated carbocycles. The van der Waals surface area contributed by atoms with Gasteiger partial charge in [-0.1, -0.05) is 299 Å². The number of para-hydroxylation sites is 4. The van der Waals surface area contributed by atoms with Crippen molar-refractivity contribution >= 4 is 133 Å². The Morgan fingerprint density at radius 1 is 0.231 bits per heavy atom. The molecule has 3 aliphatic rings. The van der Waals surface area contributed by atoms with Crippen LogP contribution >= 0.6 is 31.9 Å². The lowest BCUT2D eigenvalue weighted by Crippen LogP contribution is -2.72. The molecule has 430 valence electrons. The minimum Gasteiger partial charge on any atom is -0.309 e. The average Bonchev–Trinajstić information content (AvgIpc) is 1.56. The smallest absolute Gasteiger partial charge is 0.181 e. The zero-order valence-corrected chi connectivity index (χ0v) is 54.9. The number of halogens is 2. The molecule has 0 radical (unpaired) electrons. The van der Waals surface area contributed by atoms with Crippen molar-refractivity contribution in [3.05, 3.63) is 360 Å². The van der Waals surface area contributed by atoms with Crippen molar-refractivity contribution in [1.82, 2.24) is 9.13 Å². The Bertz CT molecular complexity index is 5090. The maximum absolute atomic E-state index is 3.71. The second-order valence-electron chi connectivity index (χ2n) is 24.0. The molecule has 0 amide bonds. The second-order valence-corrected chi connectivity index (χ2v) is 33.3. The van der Waals surface area contributed by atoms with Gasteiger partial charge in [-0.25, -0.2) is 0 Å². The minimum absolute atomic E-state index is 1.10. The van der Waals surface area contributed by atoms with Gasteiger partial charge in [0.1, 0.15) is 0 Å². The summed E-state index contributed by atoms with van der Waals surface area (Å²) in [6, 6.07) is 125. The fraction of sp³-hybridized carbons (Fsp3) is 0.0118. The van der Waals surface area contributed by atoms with E-state index in [1.165, 1.54) is 141 Å². The molecule has 0 bridgehead atoms. The van der Waals surface area contributed by atoms with E-state index in [1.807, 2.05) is 0 Å². The summed E-state index contributed by atoms with van der Waals surface area (Å²) in [7, 11) is -5.16. The Labute approximate surface area is 548 Å². The van der Waals surface area contributed by atoms with Gasteiger partial charge in [0.25, 0.3) is 0 Å². The van der Waals surface area contributed by atoms with E-state index in [4.69, 9.17) is 0 Å². The Kier molecular flexibility index (Phi) is 13.7. The molecule has 4 heterocycles. The fourth-order valence-electron chi connectivity index (χ4n) is 15.7. The van der Waals surface area contributed by atoms with Gasteiger partial charge in [0, 0.05) is 41.9 Å². The van der Waals surface area contributed by atoms with Crippen molar-refractivity contribution in [2.45, 2.75) is 6.42 Å². The van der Waals surface area contributed by atoms with Crippen molar-refractivity contribution < 1.29 is 0 Å². The van der Waals surface area contributed by atoms with Crippen molar-refractivity contribution in [2.75, 3.05) is 0 Å². The number of hydrogen-bond donors (Lipinski definition) is 0. The maximum Gasteiger partial charge on any atom is 0.181 e. The highest BCUT2D eigenvalue weighted by Crippen LogP contribution is 2.38. The van der Waals surface area contributed by atoms with Gasteiger partial charge >= 0.3 is 0 Å². The number of hydrogen-bond acceptors (Lipinski definition) is 0. The molecule has 2 nitrogen and oxygen atoms in total. The van der Waals surface area contributed by atoms with Crippen LogP contribution in [0.5, 0.6) is 0 Å². The Balaban J connectivity index is 0.000000131. The SMILES string of the molecule is Brc1cccc([Si]2(c3cccc(Br)c3)c3ccccc3-c3ccccc32)c1.c1cc(-n2c3ccccc3c3ccccc32)cc([Si]2(c3cccc(-n4c5ccccc5c5ccccc54)c3)c3ccccc3-c3ccccc32)c1.c1ccc2c(c1)Cc1ccccc1-2. The van der Waals surface area contributed by atoms with Crippen molar-refractivity contribution in [1.29, 1.82) is 0 Å². The molecule has 2 aromatic heterocycles. The monoisotopic (exact) mass is 1320 g/mol. The van der Waals surface area contributed by atoms with Crippen molar-refractivity contribution in [3.8, 4) is 44.8 Å². The first-order chi connectivity index (χ1) is 45.0. The van der Waals surface area contributed by atoms with Crippen LogP contribution in [0.4, 0.5) is 0 Å². The topological polar surface area (TPSA) is 9.86 Å². The zero-order valence-electron chi connectivity index (χ0n) is 49.7. The largest absolute Gasteiger partial charge is 0.309 e. The van der Waals surface area contributed by atoms with Crippen LogP contribution in [-0.2, 0) is 6.42 Å². The molecule has 0 unspecified atom stereocenters.